The summed E-state index contributed by atoms with van der Waals surface area (Å²) in [7, 11) is 0. The fraction of sp³-hybridized carbons (Fsp3) is 0.333. The first-order valence-corrected chi connectivity index (χ1v) is 6.55. The predicted molar refractivity (Wildman–Crippen MR) is 74.7 cm³/mol. The minimum absolute atomic E-state index is 0.0726. The Morgan fingerprint density at radius 3 is 2.74 bits per heavy atom. The van der Waals surface area contributed by atoms with Crippen LogP contribution in [0.4, 0.5) is 0 Å². The van der Waals surface area contributed by atoms with E-state index in [0.29, 0.717) is 13.0 Å². The van der Waals surface area contributed by atoms with Crippen molar-refractivity contribution in [2.45, 2.75) is 26.3 Å². The van der Waals surface area contributed by atoms with E-state index < -0.39 is 0 Å². The molecule has 2 aromatic rings. The van der Waals surface area contributed by atoms with Gasteiger partial charge in [0, 0.05) is 25.0 Å². The standard InChI is InChI=1S/C15H19N3O/c1-13-8-10-17-18(13)11-5-9-16-15(19)12-14-6-3-2-4-7-14/h2-4,6-8,10H,5,9,11-12H2,1H3,(H,16,19). The number of hydrogen-bond acceptors (Lipinski definition) is 2. The number of benzene rings is 1. The molecule has 4 heteroatoms. The van der Waals surface area contributed by atoms with Gasteiger partial charge in [-0.3, -0.25) is 9.48 Å². The molecule has 2 rings (SSSR count). The topological polar surface area (TPSA) is 46.9 Å². The minimum atomic E-state index is 0.0726. The fourth-order valence-corrected chi connectivity index (χ4v) is 1.93. The van der Waals surface area contributed by atoms with Gasteiger partial charge in [-0.1, -0.05) is 30.3 Å². The number of rotatable bonds is 6. The number of nitrogens with one attached hydrogen (secondary N) is 1. The Bertz CT molecular complexity index is 519. The number of aryl methyl sites for hydroxylation is 2. The van der Waals surface area contributed by atoms with Gasteiger partial charge in [-0.15, -0.1) is 0 Å². The Morgan fingerprint density at radius 2 is 2.05 bits per heavy atom. The summed E-state index contributed by atoms with van der Waals surface area (Å²) in [5.41, 5.74) is 2.19. The molecular weight excluding hydrogens is 238 g/mol. The van der Waals surface area contributed by atoms with Gasteiger partial charge in [0.05, 0.1) is 6.42 Å². The molecule has 100 valence electrons. The molecule has 4 nitrogen and oxygen atoms in total. The molecule has 0 aliphatic carbocycles. The molecule has 0 unspecified atom stereocenters. The smallest absolute Gasteiger partial charge is 0.224 e. The van der Waals surface area contributed by atoms with Gasteiger partial charge in [-0.05, 0) is 25.0 Å². The van der Waals surface area contributed by atoms with Gasteiger partial charge in [-0.25, -0.2) is 0 Å². The molecule has 0 atom stereocenters. The van der Waals surface area contributed by atoms with Gasteiger partial charge in [0.2, 0.25) is 5.91 Å². The molecule has 0 radical (unpaired) electrons. The third kappa shape index (κ3) is 4.25. The lowest BCUT2D eigenvalue weighted by Gasteiger charge is -2.06. The Balaban J connectivity index is 1.66. The highest BCUT2D eigenvalue weighted by atomic mass is 16.1. The van der Waals surface area contributed by atoms with E-state index in [2.05, 4.69) is 10.4 Å². The van der Waals surface area contributed by atoms with E-state index in [4.69, 9.17) is 0 Å². The van der Waals surface area contributed by atoms with E-state index in [9.17, 15) is 4.79 Å². The average molecular weight is 257 g/mol. The molecule has 0 fully saturated rings. The molecule has 1 amide bonds. The van der Waals surface area contributed by atoms with Crippen LogP contribution in [0.5, 0.6) is 0 Å². The third-order valence-electron chi connectivity index (χ3n) is 3.01. The summed E-state index contributed by atoms with van der Waals surface area (Å²) < 4.78 is 1.95. The summed E-state index contributed by atoms with van der Waals surface area (Å²) in [5.74, 6) is 0.0726. The molecule has 0 aliphatic rings. The van der Waals surface area contributed by atoms with Crippen LogP contribution in [-0.2, 0) is 17.8 Å². The molecule has 0 spiro atoms. The first kappa shape index (κ1) is 13.3. The second kappa shape index (κ2) is 6.73. The second-order valence-electron chi connectivity index (χ2n) is 4.56. The number of aromatic nitrogens is 2. The largest absolute Gasteiger partial charge is 0.356 e. The summed E-state index contributed by atoms with van der Waals surface area (Å²) in [5, 5.41) is 7.14. The van der Waals surface area contributed by atoms with E-state index >= 15 is 0 Å². The van der Waals surface area contributed by atoms with Crippen LogP contribution < -0.4 is 5.32 Å². The van der Waals surface area contributed by atoms with Crippen molar-refractivity contribution in [1.82, 2.24) is 15.1 Å². The zero-order valence-electron chi connectivity index (χ0n) is 11.2. The molecule has 0 bridgehead atoms. The zero-order valence-corrected chi connectivity index (χ0v) is 11.2. The lowest BCUT2D eigenvalue weighted by atomic mass is 10.1. The fourth-order valence-electron chi connectivity index (χ4n) is 1.93. The van der Waals surface area contributed by atoms with Gasteiger partial charge < -0.3 is 5.32 Å². The summed E-state index contributed by atoms with van der Waals surface area (Å²) in [6, 6.07) is 11.8. The quantitative estimate of drug-likeness (QED) is 0.804. The van der Waals surface area contributed by atoms with Crippen LogP contribution >= 0.6 is 0 Å². The zero-order chi connectivity index (χ0) is 13.5. The molecule has 0 saturated carbocycles. The monoisotopic (exact) mass is 257 g/mol. The van der Waals surface area contributed by atoms with Crippen molar-refractivity contribution in [3.63, 3.8) is 0 Å². The summed E-state index contributed by atoms with van der Waals surface area (Å²) in [4.78, 5) is 11.7. The maximum absolute atomic E-state index is 11.7. The molecule has 1 N–H and O–H groups in total. The lowest BCUT2D eigenvalue weighted by molar-refractivity contribution is -0.120. The lowest BCUT2D eigenvalue weighted by Crippen LogP contribution is -2.26. The van der Waals surface area contributed by atoms with Crippen molar-refractivity contribution in [3.05, 3.63) is 53.9 Å². The molecule has 1 heterocycles. The predicted octanol–water partition coefficient (Wildman–Crippen LogP) is 1.94. The van der Waals surface area contributed by atoms with Crippen molar-refractivity contribution in [1.29, 1.82) is 0 Å². The van der Waals surface area contributed by atoms with Gasteiger partial charge in [0.15, 0.2) is 0 Å². The van der Waals surface area contributed by atoms with E-state index in [1.54, 1.807) is 6.20 Å². The van der Waals surface area contributed by atoms with Gasteiger partial charge in [0.25, 0.3) is 0 Å². The average Bonchev–Trinajstić information content (AvgIpc) is 2.81. The normalized spacial score (nSPS) is 10.4. The number of hydrogen-bond donors (Lipinski definition) is 1. The van der Waals surface area contributed by atoms with Crippen molar-refractivity contribution in [3.8, 4) is 0 Å². The molecule has 1 aromatic carbocycles. The summed E-state index contributed by atoms with van der Waals surface area (Å²) in [6.45, 7) is 3.55. The Hall–Kier alpha value is -2.10. The number of amides is 1. The molecule has 19 heavy (non-hydrogen) atoms. The van der Waals surface area contributed by atoms with Gasteiger partial charge in [0.1, 0.15) is 0 Å². The van der Waals surface area contributed by atoms with Crippen molar-refractivity contribution in [2.75, 3.05) is 6.54 Å². The number of nitrogens with zero attached hydrogens (tertiary/aromatic N) is 2. The molecular formula is C15H19N3O. The Morgan fingerprint density at radius 1 is 1.26 bits per heavy atom. The highest BCUT2D eigenvalue weighted by Crippen LogP contribution is 2.00. The summed E-state index contributed by atoms with van der Waals surface area (Å²) in [6.07, 6.45) is 3.13. The highest BCUT2D eigenvalue weighted by molar-refractivity contribution is 5.78. The maximum atomic E-state index is 11.7. The van der Waals surface area contributed by atoms with Crippen molar-refractivity contribution >= 4 is 5.91 Å². The van der Waals surface area contributed by atoms with Crippen LogP contribution in [0.1, 0.15) is 17.7 Å². The van der Waals surface area contributed by atoms with E-state index in [-0.39, 0.29) is 5.91 Å². The minimum Gasteiger partial charge on any atom is -0.356 e. The van der Waals surface area contributed by atoms with Crippen molar-refractivity contribution in [2.24, 2.45) is 0 Å². The molecule has 0 saturated heterocycles. The van der Waals surface area contributed by atoms with Gasteiger partial charge >= 0.3 is 0 Å². The second-order valence-corrected chi connectivity index (χ2v) is 4.56. The molecule has 1 aromatic heterocycles. The SMILES string of the molecule is Cc1ccnn1CCCNC(=O)Cc1ccccc1. The van der Waals surface area contributed by atoms with Crippen molar-refractivity contribution < 1.29 is 4.79 Å². The number of carbonyl (C=O) groups is 1. The van der Waals surface area contributed by atoms with E-state index in [0.717, 1.165) is 24.2 Å². The van der Waals surface area contributed by atoms with E-state index in [1.807, 2.05) is 48.0 Å². The first-order chi connectivity index (χ1) is 9.25. The highest BCUT2D eigenvalue weighted by Gasteiger charge is 2.02. The van der Waals surface area contributed by atoms with Gasteiger partial charge in [-0.2, -0.15) is 5.10 Å². The number of carbonyl (C=O) groups excluding carboxylic acids is 1. The van der Waals surface area contributed by atoms with Crippen LogP contribution in [0.25, 0.3) is 0 Å². The Labute approximate surface area is 113 Å². The third-order valence-corrected chi connectivity index (χ3v) is 3.01. The Kier molecular flexibility index (Phi) is 4.72. The molecule has 0 aliphatic heterocycles. The van der Waals surface area contributed by atoms with Crippen LogP contribution in [-0.4, -0.2) is 22.2 Å². The van der Waals surface area contributed by atoms with Crippen LogP contribution in [0, 0.1) is 6.92 Å². The maximum Gasteiger partial charge on any atom is 0.224 e. The van der Waals surface area contributed by atoms with Crippen LogP contribution in [0.15, 0.2) is 42.6 Å². The van der Waals surface area contributed by atoms with Crippen LogP contribution in [0.3, 0.4) is 0 Å². The van der Waals surface area contributed by atoms with E-state index in [1.165, 1.54) is 0 Å². The first-order valence-electron chi connectivity index (χ1n) is 6.55. The summed E-state index contributed by atoms with van der Waals surface area (Å²) >= 11 is 0. The van der Waals surface area contributed by atoms with Crippen LogP contribution in [0.2, 0.25) is 0 Å².